The van der Waals surface area contributed by atoms with Gasteiger partial charge < -0.3 is 9.80 Å². The van der Waals surface area contributed by atoms with Crippen molar-refractivity contribution in [1.29, 1.82) is 0 Å². The Morgan fingerprint density at radius 1 is 0.310 bits per heavy atom. The van der Waals surface area contributed by atoms with Crippen molar-refractivity contribution in [3.63, 3.8) is 0 Å². The summed E-state index contributed by atoms with van der Waals surface area (Å²) in [6.07, 6.45) is 0. The molecule has 6 rings (SSSR count). The summed E-state index contributed by atoms with van der Waals surface area (Å²) in [5, 5.41) is 0. The average Bonchev–Trinajstić information content (AvgIpc) is 3.20. The zero-order valence-corrected chi connectivity index (χ0v) is 41.6. The van der Waals surface area contributed by atoms with E-state index in [-0.39, 0.29) is 0 Å². The Hall–Kier alpha value is -3.16. The molecule has 0 aliphatic heterocycles. The third kappa shape index (κ3) is 12.0. The van der Waals surface area contributed by atoms with Crippen LogP contribution in [0, 0.1) is 0 Å². The van der Waals surface area contributed by atoms with Gasteiger partial charge in [-0.15, -0.1) is 0 Å². The Morgan fingerprint density at radius 3 is 0.707 bits per heavy atom. The first-order chi connectivity index (χ1) is 27.8. The molecule has 0 unspecified atom stereocenters. The number of benzene rings is 6. The van der Waals surface area contributed by atoms with Crippen molar-refractivity contribution >= 4 is 75.1 Å². The van der Waals surface area contributed by atoms with Crippen LogP contribution in [0.2, 0.25) is 0 Å². The molecule has 2 nitrogen and oxygen atoms in total. The molecule has 0 saturated carbocycles. The Kier molecular flexibility index (Phi) is 17.3. The van der Waals surface area contributed by atoms with Crippen LogP contribution in [-0.4, -0.2) is 0 Å². The number of para-hydroxylation sites is 2. The minimum Gasteiger partial charge on any atom is -0.362 e. The molecule has 0 N–H and O–H groups in total. The SMILES string of the molecule is CC(C)c1cccc(C(C)C)c1N(Cc1ccccc1Br)Cc1ccccc1Br.CC(C)c1cccc(C(C)C)c1N(Cc1ccccc1Br)Cc1ccccc1Br. The van der Waals surface area contributed by atoms with Gasteiger partial charge >= 0.3 is 0 Å². The van der Waals surface area contributed by atoms with Crippen LogP contribution in [0.25, 0.3) is 0 Å². The molecular formula is C52H58Br4N2. The van der Waals surface area contributed by atoms with E-state index in [9.17, 15) is 0 Å². The summed E-state index contributed by atoms with van der Waals surface area (Å²) < 4.78 is 4.63. The molecule has 0 atom stereocenters. The second-order valence-electron chi connectivity index (χ2n) is 16.3. The Morgan fingerprint density at radius 2 is 0.517 bits per heavy atom. The zero-order valence-electron chi connectivity index (χ0n) is 35.2. The highest BCUT2D eigenvalue weighted by atomic mass is 79.9. The minimum absolute atomic E-state index is 0.463. The summed E-state index contributed by atoms with van der Waals surface area (Å²) in [7, 11) is 0. The number of rotatable bonds is 14. The third-order valence-electron chi connectivity index (χ3n) is 10.6. The van der Waals surface area contributed by atoms with E-state index in [1.807, 2.05) is 0 Å². The highest BCUT2D eigenvalue weighted by Crippen LogP contribution is 2.40. The lowest BCUT2D eigenvalue weighted by Crippen LogP contribution is -2.25. The van der Waals surface area contributed by atoms with Crippen LogP contribution in [0.1, 0.15) is 124 Å². The summed E-state index contributed by atoms with van der Waals surface area (Å²) in [5.74, 6) is 1.85. The van der Waals surface area contributed by atoms with Gasteiger partial charge in [0.05, 0.1) is 0 Å². The molecular weight excluding hydrogens is 972 g/mol. The van der Waals surface area contributed by atoms with Crippen LogP contribution in [0.4, 0.5) is 11.4 Å². The number of hydrogen-bond acceptors (Lipinski definition) is 2. The Labute approximate surface area is 383 Å². The van der Waals surface area contributed by atoms with Gasteiger partial charge in [-0.05, 0) is 92.4 Å². The molecule has 0 amide bonds. The second kappa shape index (κ2) is 21.9. The summed E-state index contributed by atoms with van der Waals surface area (Å²) in [5.41, 5.74) is 13.6. The average molecular weight is 1030 g/mol. The Balaban J connectivity index is 0.000000221. The van der Waals surface area contributed by atoms with Crippen LogP contribution in [0.15, 0.2) is 151 Å². The van der Waals surface area contributed by atoms with E-state index in [1.54, 1.807) is 0 Å². The molecule has 6 heteroatoms. The minimum atomic E-state index is 0.463. The maximum Gasteiger partial charge on any atom is 0.0444 e. The maximum absolute atomic E-state index is 3.76. The van der Waals surface area contributed by atoms with Crippen LogP contribution in [0.5, 0.6) is 0 Å². The topological polar surface area (TPSA) is 6.48 Å². The van der Waals surface area contributed by atoms with Crippen molar-refractivity contribution in [1.82, 2.24) is 0 Å². The predicted octanol–water partition coefficient (Wildman–Crippen LogP) is 17.3. The number of hydrogen-bond donors (Lipinski definition) is 0. The van der Waals surface area contributed by atoms with E-state index in [2.05, 4.69) is 262 Å². The van der Waals surface area contributed by atoms with Crippen LogP contribution in [0.3, 0.4) is 0 Å². The van der Waals surface area contributed by atoms with Gasteiger partial charge in [0.1, 0.15) is 0 Å². The zero-order chi connectivity index (χ0) is 41.9. The van der Waals surface area contributed by atoms with E-state index >= 15 is 0 Å². The highest BCUT2D eigenvalue weighted by Gasteiger charge is 2.23. The summed E-state index contributed by atoms with van der Waals surface area (Å²) >= 11 is 15.0. The van der Waals surface area contributed by atoms with Gasteiger partial charge in [0.2, 0.25) is 0 Å². The lowest BCUT2D eigenvalue weighted by molar-refractivity contribution is 0.748. The monoisotopic (exact) mass is 1030 g/mol. The lowest BCUT2D eigenvalue weighted by atomic mass is 9.91. The molecule has 304 valence electrons. The van der Waals surface area contributed by atoms with Gasteiger partial charge in [0, 0.05) is 55.4 Å². The first kappa shape index (κ1) is 45.9. The molecule has 0 aromatic heterocycles. The van der Waals surface area contributed by atoms with Crippen molar-refractivity contribution in [2.45, 2.75) is 105 Å². The van der Waals surface area contributed by atoms with Crippen LogP contribution >= 0.6 is 63.7 Å². The molecule has 0 radical (unpaired) electrons. The van der Waals surface area contributed by atoms with Crippen LogP contribution in [-0.2, 0) is 26.2 Å². The van der Waals surface area contributed by atoms with Gasteiger partial charge in [-0.3, -0.25) is 0 Å². The largest absolute Gasteiger partial charge is 0.362 e. The van der Waals surface area contributed by atoms with Gasteiger partial charge in [-0.1, -0.05) is 228 Å². The summed E-state index contributed by atoms with van der Waals surface area (Å²) in [6.45, 7) is 21.7. The molecule has 0 aliphatic rings. The first-order valence-corrected chi connectivity index (χ1v) is 23.6. The first-order valence-electron chi connectivity index (χ1n) is 20.5. The fraction of sp³-hybridized carbons (Fsp3) is 0.308. The van der Waals surface area contributed by atoms with Crippen LogP contribution < -0.4 is 9.80 Å². The fourth-order valence-corrected chi connectivity index (χ4v) is 9.15. The molecule has 6 aromatic rings. The normalized spacial score (nSPS) is 11.3. The number of anilines is 2. The molecule has 0 aliphatic carbocycles. The number of halogens is 4. The molecule has 0 bridgehead atoms. The fourth-order valence-electron chi connectivity index (χ4n) is 7.51. The van der Waals surface area contributed by atoms with Crippen molar-refractivity contribution < 1.29 is 0 Å². The van der Waals surface area contributed by atoms with Gasteiger partial charge in [-0.2, -0.15) is 0 Å². The van der Waals surface area contributed by atoms with Gasteiger partial charge in [0.15, 0.2) is 0 Å². The van der Waals surface area contributed by atoms with Gasteiger partial charge in [-0.25, -0.2) is 0 Å². The molecule has 58 heavy (non-hydrogen) atoms. The predicted molar refractivity (Wildman–Crippen MR) is 266 cm³/mol. The van der Waals surface area contributed by atoms with E-state index in [1.165, 1.54) is 55.9 Å². The van der Waals surface area contributed by atoms with E-state index < -0.39 is 0 Å². The van der Waals surface area contributed by atoms with Crippen molar-refractivity contribution in [2.24, 2.45) is 0 Å². The van der Waals surface area contributed by atoms with Crippen molar-refractivity contribution in [2.75, 3.05) is 9.80 Å². The van der Waals surface area contributed by atoms with E-state index in [0.29, 0.717) is 23.7 Å². The van der Waals surface area contributed by atoms with Crippen molar-refractivity contribution in [3.8, 4) is 0 Å². The number of nitrogens with zero attached hydrogens (tertiary/aromatic N) is 2. The highest BCUT2D eigenvalue weighted by molar-refractivity contribution is 9.11. The molecule has 0 saturated heterocycles. The Bertz CT molecular complexity index is 1940. The maximum atomic E-state index is 3.76. The molecule has 0 spiro atoms. The molecule has 0 fully saturated rings. The second-order valence-corrected chi connectivity index (χ2v) is 19.7. The summed E-state index contributed by atoms with van der Waals surface area (Å²) in [6, 6.07) is 47.7. The lowest BCUT2D eigenvalue weighted by Gasteiger charge is -2.32. The van der Waals surface area contributed by atoms with Crippen molar-refractivity contribution in [3.05, 3.63) is 196 Å². The standard InChI is InChI=1S/2C26H29Br2N/c2*1-18(2)22-12-9-13-23(19(3)4)26(22)29(16-20-10-5-7-14-24(20)27)17-21-11-6-8-15-25(21)28/h2*5-15,18-19H,16-17H2,1-4H3. The third-order valence-corrected chi connectivity index (χ3v) is 13.7. The van der Waals surface area contributed by atoms with E-state index in [4.69, 9.17) is 0 Å². The van der Waals surface area contributed by atoms with E-state index in [0.717, 1.165) is 44.1 Å². The summed E-state index contributed by atoms with van der Waals surface area (Å²) in [4.78, 5) is 5.09. The molecule has 6 aromatic carbocycles. The smallest absolute Gasteiger partial charge is 0.0444 e. The molecule has 0 heterocycles. The van der Waals surface area contributed by atoms with Gasteiger partial charge in [0.25, 0.3) is 0 Å². The quantitative estimate of drug-likeness (QED) is 0.107.